The Labute approximate surface area is 119 Å². The molecule has 0 radical (unpaired) electrons. The fourth-order valence-corrected chi connectivity index (χ4v) is 3.80. The van der Waals surface area contributed by atoms with Crippen molar-refractivity contribution in [2.45, 2.75) is 43.5 Å². The fraction of sp³-hybridized carbons (Fsp3) is 0.538. The molecule has 1 atom stereocenters. The maximum Gasteiger partial charge on any atom is 0.242 e. The first-order valence-corrected chi connectivity index (χ1v) is 8.36. The molecular formula is C13H19ClN2O2S. The van der Waals surface area contributed by atoms with Gasteiger partial charge in [-0.05, 0) is 37.0 Å². The van der Waals surface area contributed by atoms with Crippen molar-refractivity contribution < 1.29 is 8.42 Å². The van der Waals surface area contributed by atoms with Gasteiger partial charge in [0.2, 0.25) is 10.0 Å². The lowest BCUT2D eigenvalue weighted by Crippen LogP contribution is -2.35. The lowest BCUT2D eigenvalue weighted by atomic mass is 10.1. The van der Waals surface area contributed by atoms with E-state index < -0.39 is 10.0 Å². The van der Waals surface area contributed by atoms with Crippen LogP contribution in [-0.2, 0) is 10.0 Å². The largest absolute Gasteiger partial charge is 0.398 e. The van der Waals surface area contributed by atoms with E-state index in [1.807, 2.05) is 6.92 Å². The van der Waals surface area contributed by atoms with E-state index in [0.29, 0.717) is 10.9 Å². The summed E-state index contributed by atoms with van der Waals surface area (Å²) in [4.78, 5) is 0.0641. The Morgan fingerprint density at radius 1 is 1.47 bits per heavy atom. The molecule has 1 aliphatic rings. The van der Waals surface area contributed by atoms with Gasteiger partial charge in [0, 0.05) is 11.1 Å². The second kappa shape index (κ2) is 5.69. The van der Waals surface area contributed by atoms with Gasteiger partial charge in [0.25, 0.3) is 0 Å². The molecule has 0 spiro atoms. The molecule has 0 aliphatic heterocycles. The van der Waals surface area contributed by atoms with Crippen LogP contribution in [0.1, 0.15) is 32.6 Å². The predicted octanol–water partition coefficient (Wildman–Crippen LogP) is 2.78. The van der Waals surface area contributed by atoms with Crippen molar-refractivity contribution in [3.8, 4) is 0 Å². The quantitative estimate of drug-likeness (QED) is 0.794. The Hall–Kier alpha value is -0.780. The minimum absolute atomic E-state index is 0.0316. The van der Waals surface area contributed by atoms with E-state index in [2.05, 4.69) is 4.72 Å². The SMILES string of the molecule is CCC(CC1CC1)NS(=O)(=O)c1cc(Cl)ccc1N. The number of halogens is 1. The van der Waals surface area contributed by atoms with Crippen molar-refractivity contribution in [3.05, 3.63) is 23.2 Å². The van der Waals surface area contributed by atoms with E-state index in [4.69, 9.17) is 17.3 Å². The van der Waals surface area contributed by atoms with Crippen LogP contribution >= 0.6 is 11.6 Å². The lowest BCUT2D eigenvalue weighted by Gasteiger charge is -2.17. The minimum atomic E-state index is -3.60. The molecule has 0 bridgehead atoms. The molecular weight excluding hydrogens is 284 g/mol. The average Bonchev–Trinajstić information content (AvgIpc) is 3.15. The number of nitrogens with one attached hydrogen (secondary N) is 1. The number of hydrogen-bond acceptors (Lipinski definition) is 3. The molecule has 6 heteroatoms. The molecule has 1 saturated carbocycles. The number of anilines is 1. The topological polar surface area (TPSA) is 72.2 Å². The maximum atomic E-state index is 12.3. The molecule has 1 aromatic rings. The Balaban J connectivity index is 2.18. The average molecular weight is 303 g/mol. The molecule has 106 valence electrons. The van der Waals surface area contributed by atoms with Crippen LogP contribution in [0, 0.1) is 5.92 Å². The summed E-state index contributed by atoms with van der Waals surface area (Å²) in [6, 6.07) is 4.45. The summed E-state index contributed by atoms with van der Waals surface area (Å²) in [5.74, 6) is 0.671. The molecule has 0 aromatic heterocycles. The van der Waals surface area contributed by atoms with Crippen molar-refractivity contribution in [2.75, 3.05) is 5.73 Å². The highest BCUT2D eigenvalue weighted by Gasteiger charge is 2.28. The van der Waals surface area contributed by atoms with Crippen LogP contribution in [0.15, 0.2) is 23.1 Å². The van der Waals surface area contributed by atoms with Gasteiger partial charge in [-0.3, -0.25) is 0 Å². The third-order valence-electron chi connectivity index (χ3n) is 3.39. The first-order chi connectivity index (χ1) is 8.92. The number of hydrogen-bond donors (Lipinski definition) is 2. The Bertz CT molecular complexity index is 556. The van der Waals surface area contributed by atoms with Crippen molar-refractivity contribution in [1.29, 1.82) is 0 Å². The number of nitrogen functional groups attached to an aromatic ring is 1. The van der Waals surface area contributed by atoms with E-state index in [0.717, 1.165) is 12.8 Å². The lowest BCUT2D eigenvalue weighted by molar-refractivity contribution is 0.495. The summed E-state index contributed by atoms with van der Waals surface area (Å²) in [6.07, 6.45) is 4.08. The summed E-state index contributed by atoms with van der Waals surface area (Å²) < 4.78 is 27.4. The zero-order valence-electron chi connectivity index (χ0n) is 10.9. The number of rotatable bonds is 6. The third kappa shape index (κ3) is 3.84. The van der Waals surface area contributed by atoms with Crippen molar-refractivity contribution in [1.82, 2.24) is 4.72 Å². The third-order valence-corrected chi connectivity index (χ3v) is 5.21. The zero-order valence-corrected chi connectivity index (χ0v) is 12.5. The monoisotopic (exact) mass is 302 g/mol. The standard InChI is InChI=1S/C13H19ClN2O2S/c1-2-11(7-9-3-4-9)16-19(17,18)13-8-10(14)5-6-12(13)15/h5-6,8-9,11,16H,2-4,7,15H2,1H3. The van der Waals surface area contributed by atoms with Gasteiger partial charge in [0.15, 0.2) is 0 Å². The first-order valence-electron chi connectivity index (χ1n) is 6.49. The van der Waals surface area contributed by atoms with E-state index in [9.17, 15) is 8.42 Å². The molecule has 1 aromatic carbocycles. The van der Waals surface area contributed by atoms with Crippen LogP contribution in [0.5, 0.6) is 0 Å². The summed E-state index contributed by atoms with van der Waals surface area (Å²) in [6.45, 7) is 1.98. The Kier molecular flexibility index (Phi) is 4.38. The van der Waals surface area contributed by atoms with Crippen LogP contribution in [0.3, 0.4) is 0 Å². The molecule has 2 rings (SSSR count). The predicted molar refractivity (Wildman–Crippen MR) is 77.6 cm³/mol. The normalized spacial score (nSPS) is 17.4. The van der Waals surface area contributed by atoms with E-state index in [1.165, 1.54) is 25.0 Å². The van der Waals surface area contributed by atoms with Crippen LogP contribution in [0.4, 0.5) is 5.69 Å². The number of benzene rings is 1. The highest BCUT2D eigenvalue weighted by Crippen LogP contribution is 2.34. The molecule has 0 amide bonds. The molecule has 3 N–H and O–H groups in total. The molecule has 1 aliphatic carbocycles. The second-order valence-electron chi connectivity index (χ2n) is 5.09. The highest BCUT2D eigenvalue weighted by molar-refractivity contribution is 7.89. The summed E-state index contributed by atoms with van der Waals surface area (Å²) in [5.41, 5.74) is 5.95. The Morgan fingerprint density at radius 3 is 2.74 bits per heavy atom. The van der Waals surface area contributed by atoms with Gasteiger partial charge in [-0.15, -0.1) is 0 Å². The molecule has 19 heavy (non-hydrogen) atoms. The summed E-state index contributed by atoms with van der Waals surface area (Å²) in [5, 5.41) is 0.366. The van der Waals surface area contributed by atoms with E-state index >= 15 is 0 Å². The molecule has 0 heterocycles. The van der Waals surface area contributed by atoms with E-state index in [1.54, 1.807) is 6.07 Å². The van der Waals surface area contributed by atoms with Crippen LogP contribution in [0.25, 0.3) is 0 Å². The van der Waals surface area contributed by atoms with Gasteiger partial charge >= 0.3 is 0 Å². The first kappa shape index (κ1) is 14.6. The van der Waals surface area contributed by atoms with Gasteiger partial charge in [0.1, 0.15) is 4.90 Å². The van der Waals surface area contributed by atoms with E-state index in [-0.39, 0.29) is 16.6 Å². The summed E-state index contributed by atoms with van der Waals surface area (Å²) >= 11 is 5.84. The van der Waals surface area contributed by atoms with Gasteiger partial charge in [0.05, 0.1) is 5.69 Å². The molecule has 4 nitrogen and oxygen atoms in total. The van der Waals surface area contributed by atoms with Crippen LogP contribution < -0.4 is 10.5 Å². The molecule has 1 fully saturated rings. The van der Waals surface area contributed by atoms with Gasteiger partial charge in [-0.2, -0.15) is 0 Å². The van der Waals surface area contributed by atoms with Crippen molar-refractivity contribution in [3.63, 3.8) is 0 Å². The second-order valence-corrected chi connectivity index (χ2v) is 7.21. The van der Waals surface area contributed by atoms with Crippen molar-refractivity contribution in [2.24, 2.45) is 5.92 Å². The van der Waals surface area contributed by atoms with Crippen molar-refractivity contribution >= 4 is 27.3 Å². The summed E-state index contributed by atoms with van der Waals surface area (Å²) in [7, 11) is -3.60. The molecule has 0 saturated heterocycles. The smallest absolute Gasteiger partial charge is 0.242 e. The number of nitrogens with two attached hydrogens (primary N) is 1. The van der Waals surface area contributed by atoms with Gasteiger partial charge in [-0.25, -0.2) is 13.1 Å². The van der Waals surface area contributed by atoms with Gasteiger partial charge < -0.3 is 5.73 Å². The van der Waals surface area contributed by atoms with Crippen LogP contribution in [0.2, 0.25) is 5.02 Å². The highest BCUT2D eigenvalue weighted by atomic mass is 35.5. The van der Waals surface area contributed by atoms with Gasteiger partial charge in [-0.1, -0.05) is 31.4 Å². The Morgan fingerprint density at radius 2 is 2.16 bits per heavy atom. The van der Waals surface area contributed by atoms with Crippen LogP contribution in [-0.4, -0.2) is 14.5 Å². The minimum Gasteiger partial charge on any atom is -0.398 e. The maximum absolute atomic E-state index is 12.3. The fourth-order valence-electron chi connectivity index (χ4n) is 2.08. The number of sulfonamides is 1. The molecule has 1 unspecified atom stereocenters. The zero-order chi connectivity index (χ0) is 14.0.